The summed E-state index contributed by atoms with van der Waals surface area (Å²) in [6, 6.07) is 7.03. The van der Waals surface area contributed by atoms with Crippen LogP contribution in [-0.2, 0) is 6.54 Å². The van der Waals surface area contributed by atoms with Gasteiger partial charge in [-0.1, -0.05) is 18.9 Å². The quantitative estimate of drug-likeness (QED) is 0.875. The van der Waals surface area contributed by atoms with Gasteiger partial charge in [0.25, 0.3) is 5.56 Å². The summed E-state index contributed by atoms with van der Waals surface area (Å²) in [5.41, 5.74) is 0.706. The maximum atomic E-state index is 11.9. The van der Waals surface area contributed by atoms with Crippen LogP contribution in [0, 0.1) is 0 Å². The van der Waals surface area contributed by atoms with Crippen LogP contribution < -0.4 is 10.9 Å². The van der Waals surface area contributed by atoms with Gasteiger partial charge in [0, 0.05) is 25.4 Å². The summed E-state index contributed by atoms with van der Waals surface area (Å²) < 4.78 is 1.52. The minimum Gasteiger partial charge on any atom is -0.389 e. The van der Waals surface area contributed by atoms with Gasteiger partial charge in [0.05, 0.1) is 11.3 Å². The zero-order valence-corrected chi connectivity index (χ0v) is 11.4. The summed E-state index contributed by atoms with van der Waals surface area (Å²) in [5.74, 6) is 0. The second-order valence-corrected chi connectivity index (χ2v) is 5.55. The monoisotopic (exact) mass is 273 g/mol. The predicted octanol–water partition coefficient (Wildman–Crippen LogP) is 1.09. The molecule has 106 valence electrons. The van der Waals surface area contributed by atoms with Crippen LogP contribution in [0.3, 0.4) is 0 Å². The van der Waals surface area contributed by atoms with E-state index in [0.717, 1.165) is 25.7 Å². The van der Waals surface area contributed by atoms with Gasteiger partial charge >= 0.3 is 0 Å². The lowest BCUT2D eigenvalue weighted by Gasteiger charge is -2.22. The molecular weight excluding hydrogens is 254 g/mol. The van der Waals surface area contributed by atoms with Crippen molar-refractivity contribution in [1.82, 2.24) is 14.7 Å². The van der Waals surface area contributed by atoms with Crippen molar-refractivity contribution in [2.75, 3.05) is 6.54 Å². The summed E-state index contributed by atoms with van der Waals surface area (Å²) in [5, 5.41) is 13.5. The molecule has 5 heteroatoms. The molecule has 5 nitrogen and oxygen atoms in total. The van der Waals surface area contributed by atoms with E-state index >= 15 is 0 Å². The van der Waals surface area contributed by atoms with Gasteiger partial charge in [-0.05, 0) is 25.0 Å². The Morgan fingerprint density at radius 1 is 1.35 bits per heavy atom. The SMILES string of the molecule is O=c1cc(CNCC2(O)CCCC2)nc2ccccn12. The molecule has 2 N–H and O–H groups in total. The van der Waals surface area contributed by atoms with Crippen molar-refractivity contribution in [2.45, 2.75) is 37.8 Å². The highest BCUT2D eigenvalue weighted by Crippen LogP contribution is 2.28. The van der Waals surface area contributed by atoms with E-state index in [2.05, 4.69) is 10.3 Å². The Hall–Kier alpha value is -1.72. The van der Waals surface area contributed by atoms with Crippen molar-refractivity contribution in [3.63, 3.8) is 0 Å². The normalized spacial score (nSPS) is 17.6. The molecule has 2 aromatic heterocycles. The molecular formula is C15H19N3O2. The van der Waals surface area contributed by atoms with E-state index < -0.39 is 5.60 Å². The molecule has 0 radical (unpaired) electrons. The van der Waals surface area contributed by atoms with Gasteiger partial charge in [0.2, 0.25) is 0 Å². The minimum absolute atomic E-state index is 0.0769. The number of aliphatic hydroxyl groups is 1. The third kappa shape index (κ3) is 2.73. The van der Waals surface area contributed by atoms with Crippen LogP contribution in [0.25, 0.3) is 5.65 Å². The van der Waals surface area contributed by atoms with Crippen LogP contribution in [0.4, 0.5) is 0 Å². The molecule has 1 aliphatic carbocycles. The third-order valence-electron chi connectivity index (χ3n) is 3.92. The minimum atomic E-state index is -0.577. The van der Waals surface area contributed by atoms with Gasteiger partial charge in [-0.15, -0.1) is 0 Å². The number of nitrogens with one attached hydrogen (secondary N) is 1. The Labute approximate surface area is 117 Å². The van der Waals surface area contributed by atoms with E-state index in [0.29, 0.717) is 24.4 Å². The maximum absolute atomic E-state index is 11.9. The second-order valence-electron chi connectivity index (χ2n) is 5.55. The summed E-state index contributed by atoms with van der Waals surface area (Å²) in [6.07, 6.45) is 5.60. The number of nitrogens with zero attached hydrogens (tertiary/aromatic N) is 2. The van der Waals surface area contributed by atoms with Crippen molar-refractivity contribution in [1.29, 1.82) is 0 Å². The first kappa shape index (κ1) is 13.3. The molecule has 20 heavy (non-hydrogen) atoms. The summed E-state index contributed by atoms with van der Waals surface area (Å²) >= 11 is 0. The molecule has 1 saturated carbocycles. The summed E-state index contributed by atoms with van der Waals surface area (Å²) in [4.78, 5) is 16.4. The van der Waals surface area contributed by atoms with E-state index in [4.69, 9.17) is 0 Å². The first-order chi connectivity index (χ1) is 9.66. The maximum Gasteiger partial charge on any atom is 0.258 e. The van der Waals surface area contributed by atoms with Gasteiger partial charge in [-0.3, -0.25) is 9.20 Å². The fourth-order valence-corrected chi connectivity index (χ4v) is 2.83. The van der Waals surface area contributed by atoms with Gasteiger partial charge in [-0.2, -0.15) is 0 Å². The first-order valence-corrected chi connectivity index (χ1v) is 7.07. The van der Waals surface area contributed by atoms with Gasteiger partial charge in [-0.25, -0.2) is 4.98 Å². The van der Waals surface area contributed by atoms with Gasteiger partial charge < -0.3 is 10.4 Å². The fourth-order valence-electron chi connectivity index (χ4n) is 2.83. The fraction of sp³-hybridized carbons (Fsp3) is 0.467. The smallest absolute Gasteiger partial charge is 0.258 e. The topological polar surface area (TPSA) is 66.6 Å². The highest BCUT2D eigenvalue weighted by atomic mass is 16.3. The van der Waals surface area contributed by atoms with Crippen molar-refractivity contribution < 1.29 is 5.11 Å². The highest BCUT2D eigenvalue weighted by molar-refractivity contribution is 5.37. The van der Waals surface area contributed by atoms with Crippen LogP contribution in [0.2, 0.25) is 0 Å². The number of aromatic nitrogens is 2. The van der Waals surface area contributed by atoms with Crippen molar-refractivity contribution in [3.8, 4) is 0 Å². The number of fused-ring (bicyclic) bond motifs is 1. The van der Waals surface area contributed by atoms with E-state index in [1.807, 2.05) is 18.2 Å². The lowest BCUT2D eigenvalue weighted by Crippen LogP contribution is -2.37. The van der Waals surface area contributed by atoms with Gasteiger partial charge in [0.1, 0.15) is 5.65 Å². The Kier molecular flexibility index (Phi) is 3.54. The zero-order valence-electron chi connectivity index (χ0n) is 11.4. The average Bonchev–Trinajstić information content (AvgIpc) is 2.86. The summed E-state index contributed by atoms with van der Waals surface area (Å²) in [6.45, 7) is 1.06. The lowest BCUT2D eigenvalue weighted by molar-refractivity contribution is 0.0474. The highest BCUT2D eigenvalue weighted by Gasteiger charge is 2.30. The molecule has 0 amide bonds. The molecule has 1 fully saturated rings. The van der Waals surface area contributed by atoms with Crippen LogP contribution >= 0.6 is 0 Å². The lowest BCUT2D eigenvalue weighted by atomic mass is 10.0. The van der Waals surface area contributed by atoms with E-state index in [9.17, 15) is 9.90 Å². The van der Waals surface area contributed by atoms with Crippen LogP contribution in [-0.4, -0.2) is 26.6 Å². The molecule has 0 spiro atoms. The van der Waals surface area contributed by atoms with Crippen molar-refractivity contribution >= 4 is 5.65 Å². The number of pyridine rings is 1. The van der Waals surface area contributed by atoms with Crippen molar-refractivity contribution in [3.05, 3.63) is 46.5 Å². The number of hydrogen-bond acceptors (Lipinski definition) is 4. The molecule has 0 unspecified atom stereocenters. The number of hydrogen-bond donors (Lipinski definition) is 2. The molecule has 2 heterocycles. The Morgan fingerprint density at radius 2 is 2.15 bits per heavy atom. The standard InChI is InChI=1S/C15H19N3O2/c19-14-9-12(17-13-5-1-4-8-18(13)14)10-16-11-15(20)6-2-3-7-15/h1,4-5,8-9,16,20H,2-3,6-7,10-11H2. The molecule has 0 aromatic carbocycles. The number of rotatable bonds is 4. The third-order valence-corrected chi connectivity index (χ3v) is 3.92. The second kappa shape index (κ2) is 5.34. The van der Waals surface area contributed by atoms with Crippen LogP contribution in [0.1, 0.15) is 31.4 Å². The zero-order chi connectivity index (χ0) is 14.0. The molecule has 1 aliphatic rings. The molecule has 0 bridgehead atoms. The van der Waals surface area contributed by atoms with Crippen LogP contribution in [0.5, 0.6) is 0 Å². The van der Waals surface area contributed by atoms with Crippen molar-refractivity contribution in [2.24, 2.45) is 0 Å². The first-order valence-electron chi connectivity index (χ1n) is 7.07. The van der Waals surface area contributed by atoms with E-state index in [-0.39, 0.29) is 5.56 Å². The van der Waals surface area contributed by atoms with Gasteiger partial charge in [0.15, 0.2) is 0 Å². The van der Waals surface area contributed by atoms with E-state index in [1.165, 1.54) is 4.40 Å². The Morgan fingerprint density at radius 3 is 2.95 bits per heavy atom. The van der Waals surface area contributed by atoms with Crippen LogP contribution in [0.15, 0.2) is 35.3 Å². The largest absolute Gasteiger partial charge is 0.389 e. The molecule has 0 aliphatic heterocycles. The molecule has 3 rings (SSSR count). The molecule has 0 atom stereocenters. The molecule has 2 aromatic rings. The average molecular weight is 273 g/mol. The Balaban J connectivity index is 1.70. The predicted molar refractivity (Wildman–Crippen MR) is 76.6 cm³/mol. The summed E-state index contributed by atoms with van der Waals surface area (Å²) in [7, 11) is 0. The molecule has 0 saturated heterocycles. The Bertz CT molecular complexity index is 659. The van der Waals surface area contributed by atoms with E-state index in [1.54, 1.807) is 12.3 Å².